The predicted octanol–water partition coefficient (Wildman–Crippen LogP) is 4.52. The molecule has 1 aromatic rings. The lowest BCUT2D eigenvalue weighted by molar-refractivity contribution is 0.638. The largest absolute Gasteiger partial charge is 0.245 e. The number of hydrogen-bond acceptors (Lipinski definition) is 2. The van der Waals surface area contributed by atoms with Crippen molar-refractivity contribution >= 4 is 17.4 Å². The van der Waals surface area contributed by atoms with Crippen LogP contribution in [-0.2, 0) is 0 Å². The fourth-order valence-electron chi connectivity index (χ4n) is 1.37. The summed E-state index contributed by atoms with van der Waals surface area (Å²) in [6.07, 6.45) is 14.2. The molecule has 0 bridgehead atoms. The van der Waals surface area contributed by atoms with Gasteiger partial charge in [-0.05, 0) is 18.9 Å². The normalized spacial score (nSPS) is 11.2. The Labute approximate surface area is 90.9 Å². The SMILES string of the molecule is CCCCCCCC=Cc1nccs1. The molecular weight excluding hydrogens is 190 g/mol. The first-order valence-corrected chi connectivity index (χ1v) is 6.37. The molecule has 1 rings (SSSR count). The van der Waals surface area contributed by atoms with Crippen LogP contribution in [0, 0.1) is 0 Å². The monoisotopic (exact) mass is 209 g/mol. The molecule has 0 unspecified atom stereocenters. The predicted molar refractivity (Wildman–Crippen MR) is 64.5 cm³/mol. The van der Waals surface area contributed by atoms with Gasteiger partial charge >= 0.3 is 0 Å². The Balaban J connectivity index is 1.98. The smallest absolute Gasteiger partial charge is 0.115 e. The lowest BCUT2D eigenvalue weighted by Crippen LogP contribution is -1.75. The van der Waals surface area contributed by atoms with Crippen molar-refractivity contribution in [3.8, 4) is 0 Å². The molecule has 0 fully saturated rings. The van der Waals surface area contributed by atoms with Crippen LogP contribution in [0.1, 0.15) is 50.5 Å². The lowest BCUT2D eigenvalue weighted by Gasteiger charge is -1.95. The summed E-state index contributed by atoms with van der Waals surface area (Å²) in [6.45, 7) is 2.25. The molecule has 0 N–H and O–H groups in total. The van der Waals surface area contributed by atoms with Gasteiger partial charge in [0.25, 0.3) is 0 Å². The fourth-order valence-corrected chi connectivity index (χ4v) is 1.92. The third-order valence-corrected chi connectivity index (χ3v) is 2.93. The second-order valence-electron chi connectivity index (χ2n) is 3.48. The van der Waals surface area contributed by atoms with E-state index in [1.807, 2.05) is 11.6 Å². The second kappa shape index (κ2) is 7.74. The maximum absolute atomic E-state index is 4.20. The molecule has 0 spiro atoms. The Morgan fingerprint density at radius 3 is 2.86 bits per heavy atom. The molecule has 0 radical (unpaired) electrons. The van der Waals surface area contributed by atoms with Crippen LogP contribution >= 0.6 is 11.3 Å². The van der Waals surface area contributed by atoms with Gasteiger partial charge in [-0.3, -0.25) is 0 Å². The van der Waals surface area contributed by atoms with E-state index in [0.717, 1.165) is 5.01 Å². The number of thiazole rings is 1. The summed E-state index contributed by atoms with van der Waals surface area (Å²) in [4.78, 5) is 4.20. The van der Waals surface area contributed by atoms with Gasteiger partial charge in [0.05, 0.1) is 0 Å². The van der Waals surface area contributed by atoms with Crippen LogP contribution in [0.25, 0.3) is 6.08 Å². The summed E-state index contributed by atoms with van der Waals surface area (Å²) in [5.41, 5.74) is 0. The Morgan fingerprint density at radius 2 is 2.14 bits per heavy atom. The van der Waals surface area contributed by atoms with Gasteiger partial charge in [0.15, 0.2) is 0 Å². The standard InChI is InChI=1S/C12H19NS/c1-2-3-4-5-6-7-8-9-12-13-10-11-14-12/h8-11H,2-7H2,1H3. The van der Waals surface area contributed by atoms with Crippen LogP contribution in [0.4, 0.5) is 0 Å². The van der Waals surface area contributed by atoms with Gasteiger partial charge in [0, 0.05) is 11.6 Å². The van der Waals surface area contributed by atoms with Gasteiger partial charge in [-0.1, -0.05) is 38.7 Å². The van der Waals surface area contributed by atoms with E-state index < -0.39 is 0 Å². The van der Waals surface area contributed by atoms with Crippen molar-refractivity contribution in [1.82, 2.24) is 4.98 Å². The van der Waals surface area contributed by atoms with Crippen molar-refractivity contribution in [3.05, 3.63) is 22.7 Å². The van der Waals surface area contributed by atoms with Crippen molar-refractivity contribution in [2.75, 3.05) is 0 Å². The molecule has 1 nitrogen and oxygen atoms in total. The molecule has 1 heterocycles. The summed E-state index contributed by atoms with van der Waals surface area (Å²) in [7, 11) is 0. The summed E-state index contributed by atoms with van der Waals surface area (Å²) < 4.78 is 0. The molecule has 14 heavy (non-hydrogen) atoms. The first kappa shape index (κ1) is 11.4. The van der Waals surface area contributed by atoms with Crippen LogP contribution in [0.15, 0.2) is 17.7 Å². The number of unbranched alkanes of at least 4 members (excludes halogenated alkanes) is 5. The molecule has 0 aliphatic carbocycles. The fraction of sp³-hybridized carbons (Fsp3) is 0.583. The van der Waals surface area contributed by atoms with Crippen molar-refractivity contribution in [1.29, 1.82) is 0 Å². The van der Waals surface area contributed by atoms with E-state index in [1.54, 1.807) is 11.3 Å². The Kier molecular flexibility index (Phi) is 6.33. The van der Waals surface area contributed by atoms with Crippen molar-refractivity contribution in [2.45, 2.75) is 45.4 Å². The van der Waals surface area contributed by atoms with E-state index >= 15 is 0 Å². The van der Waals surface area contributed by atoms with Gasteiger partial charge in [-0.2, -0.15) is 0 Å². The minimum atomic E-state index is 1.12. The molecule has 2 heteroatoms. The van der Waals surface area contributed by atoms with Gasteiger partial charge in [0.1, 0.15) is 5.01 Å². The first-order chi connectivity index (χ1) is 6.93. The van der Waals surface area contributed by atoms with Gasteiger partial charge in [-0.15, -0.1) is 11.3 Å². The van der Waals surface area contributed by atoms with E-state index in [4.69, 9.17) is 0 Å². The molecular formula is C12H19NS. The topological polar surface area (TPSA) is 12.9 Å². The van der Waals surface area contributed by atoms with E-state index in [0.29, 0.717) is 0 Å². The number of nitrogens with zero attached hydrogens (tertiary/aromatic N) is 1. The van der Waals surface area contributed by atoms with Gasteiger partial charge in [0.2, 0.25) is 0 Å². The van der Waals surface area contributed by atoms with Crippen molar-refractivity contribution in [3.63, 3.8) is 0 Å². The van der Waals surface area contributed by atoms with E-state index in [9.17, 15) is 0 Å². The highest BCUT2D eigenvalue weighted by atomic mass is 32.1. The number of allylic oxidation sites excluding steroid dienone is 1. The lowest BCUT2D eigenvalue weighted by atomic mass is 10.1. The van der Waals surface area contributed by atoms with Gasteiger partial charge in [-0.25, -0.2) is 4.98 Å². The second-order valence-corrected chi connectivity index (χ2v) is 4.40. The highest BCUT2D eigenvalue weighted by molar-refractivity contribution is 7.10. The first-order valence-electron chi connectivity index (χ1n) is 5.49. The molecule has 0 aliphatic heterocycles. The van der Waals surface area contributed by atoms with Crippen LogP contribution in [-0.4, -0.2) is 4.98 Å². The zero-order chi connectivity index (χ0) is 10.1. The molecule has 0 amide bonds. The van der Waals surface area contributed by atoms with Crippen LogP contribution in [0.3, 0.4) is 0 Å². The maximum atomic E-state index is 4.20. The summed E-state index contributed by atoms with van der Waals surface area (Å²) in [5.74, 6) is 0. The minimum Gasteiger partial charge on any atom is -0.245 e. The molecule has 0 saturated carbocycles. The quantitative estimate of drug-likeness (QED) is 0.602. The molecule has 0 aromatic carbocycles. The van der Waals surface area contributed by atoms with E-state index in [2.05, 4.69) is 24.1 Å². The average Bonchev–Trinajstić information content (AvgIpc) is 2.69. The van der Waals surface area contributed by atoms with Crippen LogP contribution in [0.5, 0.6) is 0 Å². The van der Waals surface area contributed by atoms with Gasteiger partial charge < -0.3 is 0 Å². The Hall–Kier alpha value is -0.630. The third kappa shape index (κ3) is 5.18. The zero-order valence-corrected chi connectivity index (χ0v) is 9.72. The van der Waals surface area contributed by atoms with Crippen molar-refractivity contribution < 1.29 is 0 Å². The maximum Gasteiger partial charge on any atom is 0.115 e. The van der Waals surface area contributed by atoms with Crippen molar-refractivity contribution in [2.24, 2.45) is 0 Å². The molecule has 0 saturated heterocycles. The van der Waals surface area contributed by atoms with E-state index in [-0.39, 0.29) is 0 Å². The number of rotatable bonds is 7. The van der Waals surface area contributed by atoms with Crippen LogP contribution < -0.4 is 0 Å². The van der Waals surface area contributed by atoms with E-state index in [1.165, 1.54) is 38.5 Å². The summed E-state index contributed by atoms with van der Waals surface area (Å²) >= 11 is 1.70. The number of hydrogen-bond donors (Lipinski definition) is 0. The zero-order valence-electron chi connectivity index (χ0n) is 8.91. The minimum absolute atomic E-state index is 1.12. The average molecular weight is 209 g/mol. The number of aromatic nitrogens is 1. The third-order valence-electron chi connectivity index (χ3n) is 2.19. The molecule has 1 aromatic heterocycles. The molecule has 0 atom stereocenters. The Morgan fingerprint density at radius 1 is 1.29 bits per heavy atom. The van der Waals surface area contributed by atoms with Crippen LogP contribution in [0.2, 0.25) is 0 Å². The summed E-state index contributed by atoms with van der Waals surface area (Å²) in [5, 5.41) is 3.14. The highest BCUT2D eigenvalue weighted by Gasteiger charge is 1.88. The highest BCUT2D eigenvalue weighted by Crippen LogP contribution is 2.09. The summed E-state index contributed by atoms with van der Waals surface area (Å²) in [6, 6.07) is 0. The molecule has 0 aliphatic rings. The molecule has 78 valence electrons. The Bertz CT molecular complexity index is 239.